The van der Waals surface area contributed by atoms with Crippen molar-refractivity contribution in [1.29, 1.82) is 0 Å². The first-order chi connectivity index (χ1) is 26.8. The number of para-hydroxylation sites is 2. The number of rotatable bonds is 4. The Bertz CT molecular complexity index is 3330. The standard InChI is InChI=1S/C50H30N4/c1-2-9-31(10-3-1)32-11-8-12-35(27-32)53-45-15-6-4-13-38(45)43-28-33(17-21-47(43)53)34-18-22-48-44(29-34)39-14-5-7-16-46(39)54(48)36-19-20-37-40-23-25-51-50-49(40)41(24-26-52-50)42(37)30-36/h1-30H. The Kier molecular flexibility index (Phi) is 6.02. The van der Waals surface area contributed by atoms with Gasteiger partial charge in [0, 0.05) is 50.7 Å². The third-order valence-corrected chi connectivity index (χ3v) is 11.4. The molecule has 1 aliphatic rings. The predicted molar refractivity (Wildman–Crippen MR) is 224 cm³/mol. The normalized spacial score (nSPS) is 12.1. The molecule has 11 aromatic rings. The Labute approximate surface area is 310 Å². The number of aromatic nitrogens is 4. The van der Waals surface area contributed by atoms with Crippen LogP contribution in [0.5, 0.6) is 0 Å². The molecule has 0 fully saturated rings. The summed E-state index contributed by atoms with van der Waals surface area (Å²) in [6.07, 6.45) is 3.74. The molecule has 0 spiro atoms. The lowest BCUT2D eigenvalue weighted by molar-refractivity contribution is 1.18. The Morgan fingerprint density at radius 2 is 0.852 bits per heavy atom. The van der Waals surface area contributed by atoms with E-state index in [4.69, 9.17) is 0 Å². The van der Waals surface area contributed by atoms with Crippen molar-refractivity contribution in [2.75, 3.05) is 0 Å². The summed E-state index contributed by atoms with van der Waals surface area (Å²) in [4.78, 5) is 9.11. The molecule has 0 unspecified atom stereocenters. The molecule has 1 aliphatic carbocycles. The molecule has 0 bridgehead atoms. The second-order valence-electron chi connectivity index (χ2n) is 14.2. The molecule has 0 saturated heterocycles. The molecule has 250 valence electrons. The van der Waals surface area contributed by atoms with Gasteiger partial charge < -0.3 is 9.13 Å². The van der Waals surface area contributed by atoms with Crippen LogP contribution >= 0.6 is 0 Å². The van der Waals surface area contributed by atoms with Gasteiger partial charge in [0.1, 0.15) is 0 Å². The highest BCUT2D eigenvalue weighted by Gasteiger charge is 2.24. The molecule has 0 amide bonds. The summed E-state index contributed by atoms with van der Waals surface area (Å²) in [6, 6.07) is 62.0. The summed E-state index contributed by atoms with van der Waals surface area (Å²) in [5.74, 6) is 0. The summed E-state index contributed by atoms with van der Waals surface area (Å²) < 4.78 is 4.81. The van der Waals surface area contributed by atoms with Gasteiger partial charge in [-0.15, -0.1) is 0 Å². The van der Waals surface area contributed by atoms with Gasteiger partial charge in [0.15, 0.2) is 5.65 Å². The van der Waals surface area contributed by atoms with Gasteiger partial charge >= 0.3 is 0 Å². The molecule has 4 nitrogen and oxygen atoms in total. The van der Waals surface area contributed by atoms with Gasteiger partial charge in [-0.1, -0.05) is 97.1 Å². The minimum Gasteiger partial charge on any atom is -0.309 e. The number of hydrogen-bond donors (Lipinski definition) is 0. The molecule has 0 N–H and O–H groups in total. The van der Waals surface area contributed by atoms with E-state index in [1.54, 1.807) is 0 Å². The van der Waals surface area contributed by atoms with E-state index in [0.29, 0.717) is 0 Å². The zero-order valence-electron chi connectivity index (χ0n) is 29.1. The van der Waals surface area contributed by atoms with Gasteiger partial charge in [-0.05, 0) is 117 Å². The van der Waals surface area contributed by atoms with E-state index in [1.807, 2.05) is 12.4 Å². The molecule has 4 heterocycles. The molecular weight excluding hydrogens is 657 g/mol. The second-order valence-corrected chi connectivity index (χ2v) is 14.2. The smallest absolute Gasteiger partial charge is 0.160 e. The summed E-state index contributed by atoms with van der Waals surface area (Å²) in [5, 5.41) is 6.11. The predicted octanol–water partition coefficient (Wildman–Crippen LogP) is 12.8. The van der Waals surface area contributed by atoms with Gasteiger partial charge in [-0.2, -0.15) is 0 Å². The highest BCUT2D eigenvalue weighted by molar-refractivity contribution is 6.15. The van der Waals surface area contributed by atoms with E-state index in [9.17, 15) is 0 Å². The fraction of sp³-hybridized carbons (Fsp3) is 0. The molecule has 12 rings (SSSR count). The lowest BCUT2D eigenvalue weighted by atomic mass is 10.0. The van der Waals surface area contributed by atoms with Crippen molar-refractivity contribution in [1.82, 2.24) is 19.1 Å². The van der Waals surface area contributed by atoms with Crippen LogP contribution in [0, 0.1) is 0 Å². The van der Waals surface area contributed by atoms with Gasteiger partial charge in [-0.3, -0.25) is 0 Å². The highest BCUT2D eigenvalue weighted by Crippen LogP contribution is 2.47. The van der Waals surface area contributed by atoms with Gasteiger partial charge in [0.05, 0.1) is 22.1 Å². The summed E-state index contributed by atoms with van der Waals surface area (Å²) in [7, 11) is 0. The third-order valence-electron chi connectivity index (χ3n) is 11.4. The lowest BCUT2D eigenvalue weighted by Gasteiger charge is -2.12. The van der Waals surface area contributed by atoms with Crippen molar-refractivity contribution in [2.24, 2.45) is 0 Å². The maximum absolute atomic E-state index is 4.56. The largest absolute Gasteiger partial charge is 0.309 e. The van der Waals surface area contributed by atoms with Crippen LogP contribution in [0.2, 0.25) is 0 Å². The van der Waals surface area contributed by atoms with Crippen molar-refractivity contribution >= 4 is 54.6 Å². The molecular formula is C50H30N4. The lowest BCUT2D eigenvalue weighted by Crippen LogP contribution is -1.95. The summed E-state index contributed by atoms with van der Waals surface area (Å²) in [5.41, 5.74) is 17.6. The van der Waals surface area contributed by atoms with E-state index in [1.165, 1.54) is 88.1 Å². The molecule has 7 aromatic carbocycles. The Morgan fingerprint density at radius 3 is 1.52 bits per heavy atom. The van der Waals surface area contributed by atoms with Crippen LogP contribution in [0.3, 0.4) is 0 Å². The molecule has 0 aliphatic heterocycles. The minimum atomic E-state index is 0.798. The van der Waals surface area contributed by atoms with Crippen LogP contribution in [0.15, 0.2) is 182 Å². The topological polar surface area (TPSA) is 35.6 Å². The van der Waals surface area contributed by atoms with Gasteiger partial charge in [0.2, 0.25) is 0 Å². The summed E-state index contributed by atoms with van der Waals surface area (Å²) in [6.45, 7) is 0. The van der Waals surface area contributed by atoms with Crippen molar-refractivity contribution < 1.29 is 0 Å². The van der Waals surface area contributed by atoms with Crippen LogP contribution in [0.25, 0.3) is 111 Å². The number of benzene rings is 7. The van der Waals surface area contributed by atoms with Crippen LogP contribution in [-0.2, 0) is 0 Å². The average molecular weight is 687 g/mol. The monoisotopic (exact) mass is 686 g/mol. The number of pyridine rings is 2. The van der Waals surface area contributed by atoms with Crippen molar-refractivity contribution in [2.45, 2.75) is 0 Å². The van der Waals surface area contributed by atoms with E-state index in [0.717, 1.165) is 22.4 Å². The molecule has 0 atom stereocenters. The Morgan fingerprint density at radius 1 is 0.315 bits per heavy atom. The van der Waals surface area contributed by atoms with Gasteiger partial charge in [0.25, 0.3) is 0 Å². The van der Waals surface area contributed by atoms with Crippen molar-refractivity contribution in [3.63, 3.8) is 0 Å². The fourth-order valence-corrected chi connectivity index (χ4v) is 8.97. The maximum Gasteiger partial charge on any atom is 0.160 e. The second kappa shape index (κ2) is 11.1. The molecule has 0 radical (unpaired) electrons. The fourth-order valence-electron chi connectivity index (χ4n) is 8.97. The van der Waals surface area contributed by atoms with Crippen molar-refractivity contribution in [3.8, 4) is 55.9 Å². The number of hydrogen-bond acceptors (Lipinski definition) is 2. The van der Waals surface area contributed by atoms with E-state index < -0.39 is 0 Å². The van der Waals surface area contributed by atoms with E-state index >= 15 is 0 Å². The quantitative estimate of drug-likeness (QED) is 0.185. The Balaban J connectivity index is 1.01. The van der Waals surface area contributed by atoms with E-state index in [-0.39, 0.29) is 0 Å². The number of fused-ring (bicyclic) bond motifs is 9. The van der Waals surface area contributed by atoms with Crippen LogP contribution in [-0.4, -0.2) is 19.1 Å². The summed E-state index contributed by atoms with van der Waals surface area (Å²) >= 11 is 0. The first-order valence-corrected chi connectivity index (χ1v) is 18.4. The molecule has 4 heteroatoms. The van der Waals surface area contributed by atoms with Gasteiger partial charge in [-0.25, -0.2) is 9.97 Å². The Hall–Kier alpha value is -7.30. The molecule has 0 saturated carbocycles. The zero-order chi connectivity index (χ0) is 35.3. The first kappa shape index (κ1) is 29.3. The molecule has 54 heavy (non-hydrogen) atoms. The zero-order valence-corrected chi connectivity index (χ0v) is 29.1. The molecule has 4 aromatic heterocycles. The third kappa shape index (κ3) is 4.13. The maximum atomic E-state index is 4.56. The van der Waals surface area contributed by atoms with Crippen LogP contribution in [0.4, 0.5) is 0 Å². The average Bonchev–Trinajstić information content (AvgIpc) is 3.87. The first-order valence-electron chi connectivity index (χ1n) is 18.4. The van der Waals surface area contributed by atoms with E-state index in [2.05, 4.69) is 189 Å². The van der Waals surface area contributed by atoms with Crippen LogP contribution in [0.1, 0.15) is 0 Å². The SMILES string of the molecule is c1ccc(-c2cccc(-n3c4ccccc4c4cc(-c5ccc6c(c5)c5ccccc5n6-c5ccc6c(c5)-c5ccnc7nccc-6c57)ccc43)c2)cc1. The van der Waals surface area contributed by atoms with Crippen LogP contribution < -0.4 is 0 Å². The highest BCUT2D eigenvalue weighted by atomic mass is 15.0. The number of nitrogens with zero attached hydrogens (tertiary/aromatic N) is 4. The van der Waals surface area contributed by atoms with Crippen molar-refractivity contribution in [3.05, 3.63) is 182 Å². The minimum absolute atomic E-state index is 0.798.